The van der Waals surface area contributed by atoms with Gasteiger partial charge in [0.25, 0.3) is 5.91 Å². The van der Waals surface area contributed by atoms with E-state index in [1.54, 1.807) is 36.6 Å². The van der Waals surface area contributed by atoms with E-state index >= 15 is 0 Å². The Balaban J connectivity index is 2.10. The molecule has 0 fully saturated rings. The largest absolute Gasteiger partial charge is 0.486 e. The van der Waals surface area contributed by atoms with E-state index in [1.165, 1.54) is 0 Å². The van der Waals surface area contributed by atoms with Gasteiger partial charge in [-0.1, -0.05) is 29.3 Å². The number of benzene rings is 2. The highest BCUT2D eigenvalue weighted by Gasteiger charge is 2.17. The van der Waals surface area contributed by atoms with Crippen LogP contribution in [0.4, 0.5) is 8.78 Å². The lowest BCUT2D eigenvalue weighted by molar-refractivity contribution is 0.0979. The van der Waals surface area contributed by atoms with Gasteiger partial charge in [0.2, 0.25) is 0 Å². The molecule has 0 saturated carbocycles. The molecule has 0 aromatic heterocycles. The summed E-state index contributed by atoms with van der Waals surface area (Å²) in [5.41, 5.74) is 0.229. The predicted octanol–water partition coefficient (Wildman–Crippen LogP) is 4.71. The highest BCUT2D eigenvalue weighted by atomic mass is 35.5. The Kier molecular flexibility index (Phi) is 6.89. The smallest absolute Gasteiger partial charge is 0.265 e. The van der Waals surface area contributed by atoms with Crippen molar-refractivity contribution in [2.75, 3.05) is 14.1 Å². The Hall–Kier alpha value is -1.54. The van der Waals surface area contributed by atoms with Crippen LogP contribution in [0.25, 0.3) is 0 Å². The Labute approximate surface area is 158 Å². The molecular weight excluding hydrogens is 393 g/mol. The quantitative estimate of drug-likeness (QED) is 0.705. The van der Waals surface area contributed by atoms with Crippen molar-refractivity contribution in [3.05, 3.63) is 63.1 Å². The van der Waals surface area contributed by atoms with Crippen molar-refractivity contribution in [3.63, 3.8) is 0 Å². The van der Waals surface area contributed by atoms with Gasteiger partial charge in [-0.05, 0) is 37.9 Å². The molecule has 0 spiro atoms. The van der Waals surface area contributed by atoms with Gasteiger partial charge < -0.3 is 4.74 Å². The second-order valence-corrected chi connectivity index (χ2v) is 7.07. The molecule has 0 aliphatic heterocycles. The maximum absolute atomic E-state index is 14.1. The van der Waals surface area contributed by atoms with Crippen molar-refractivity contribution in [2.45, 2.75) is 6.61 Å². The zero-order valence-electron chi connectivity index (χ0n) is 13.3. The molecule has 0 unspecified atom stereocenters. The number of hydrogen-bond acceptors (Lipinski definition) is 4. The van der Waals surface area contributed by atoms with E-state index in [9.17, 15) is 13.6 Å². The first-order chi connectivity index (χ1) is 11.8. The fourth-order valence-electron chi connectivity index (χ4n) is 1.79. The van der Waals surface area contributed by atoms with Gasteiger partial charge in [0.15, 0.2) is 11.6 Å². The summed E-state index contributed by atoms with van der Waals surface area (Å²) in [7, 11) is 3.39. The Bertz CT molecular complexity index is 791. The zero-order valence-corrected chi connectivity index (χ0v) is 15.6. The summed E-state index contributed by atoms with van der Waals surface area (Å²) in [6.45, 7) is -0.0325. The molecule has 0 aliphatic carbocycles. The summed E-state index contributed by atoms with van der Waals surface area (Å²) in [4.78, 5) is 11.8. The first-order valence-corrected chi connectivity index (χ1v) is 8.51. The van der Waals surface area contributed by atoms with Crippen LogP contribution >= 0.6 is 35.3 Å². The molecule has 4 nitrogen and oxygen atoms in total. The van der Waals surface area contributed by atoms with E-state index in [1.807, 2.05) is 0 Å². The van der Waals surface area contributed by atoms with Gasteiger partial charge in [-0.15, -0.1) is 0 Å². The van der Waals surface area contributed by atoms with E-state index < -0.39 is 23.1 Å². The standard InChI is InChI=1S/C16H14Cl2F2N2O2S/c1-22(2)25-21-16(23)10-6-14(20)15(7-13(10)19)24-8-9-3-4-11(17)12(18)5-9/h3-7H,8H2,1-2H3,(H,21,23). The predicted molar refractivity (Wildman–Crippen MR) is 95.9 cm³/mol. The molecule has 1 amide bonds. The molecule has 0 heterocycles. The number of nitrogens with zero attached hydrogens (tertiary/aromatic N) is 1. The van der Waals surface area contributed by atoms with Crippen LogP contribution in [0, 0.1) is 11.6 Å². The molecule has 25 heavy (non-hydrogen) atoms. The minimum absolute atomic E-state index is 0.0325. The van der Waals surface area contributed by atoms with Gasteiger partial charge >= 0.3 is 0 Å². The monoisotopic (exact) mass is 406 g/mol. The molecule has 0 radical (unpaired) electrons. The Morgan fingerprint density at radius 2 is 1.88 bits per heavy atom. The lowest BCUT2D eigenvalue weighted by atomic mass is 10.2. The summed E-state index contributed by atoms with van der Waals surface area (Å²) in [6, 6.07) is 6.43. The zero-order chi connectivity index (χ0) is 18.6. The van der Waals surface area contributed by atoms with E-state index in [-0.39, 0.29) is 12.4 Å². The van der Waals surface area contributed by atoms with Crippen LogP contribution < -0.4 is 9.46 Å². The van der Waals surface area contributed by atoms with Crippen molar-refractivity contribution >= 4 is 41.2 Å². The van der Waals surface area contributed by atoms with E-state index in [2.05, 4.69) is 4.72 Å². The minimum Gasteiger partial charge on any atom is -0.486 e. The van der Waals surface area contributed by atoms with E-state index in [0.717, 1.165) is 24.3 Å². The number of hydrogen-bond donors (Lipinski definition) is 1. The lowest BCUT2D eigenvalue weighted by Crippen LogP contribution is -2.22. The molecule has 0 atom stereocenters. The van der Waals surface area contributed by atoms with Gasteiger partial charge in [0.05, 0.1) is 15.6 Å². The number of halogens is 4. The molecule has 2 rings (SSSR count). The SMILES string of the molecule is CN(C)SNC(=O)c1cc(F)c(OCc2ccc(Cl)c(Cl)c2)cc1F. The molecule has 0 aliphatic rings. The van der Waals surface area contributed by atoms with Crippen molar-refractivity contribution < 1.29 is 18.3 Å². The Morgan fingerprint density at radius 1 is 1.16 bits per heavy atom. The number of amides is 1. The molecule has 2 aromatic carbocycles. The maximum Gasteiger partial charge on any atom is 0.265 e. The van der Waals surface area contributed by atoms with Crippen molar-refractivity contribution in [1.82, 2.24) is 9.03 Å². The van der Waals surface area contributed by atoms with Crippen LogP contribution in [0.2, 0.25) is 10.0 Å². The highest BCUT2D eigenvalue weighted by Crippen LogP contribution is 2.26. The second kappa shape index (κ2) is 8.71. The maximum atomic E-state index is 14.1. The topological polar surface area (TPSA) is 41.6 Å². The number of ether oxygens (including phenoxy) is 1. The van der Waals surface area contributed by atoms with Gasteiger partial charge in [0, 0.05) is 18.2 Å². The third-order valence-electron chi connectivity index (χ3n) is 2.97. The first kappa shape index (κ1) is 19.8. The molecule has 2 aromatic rings. The molecule has 9 heteroatoms. The summed E-state index contributed by atoms with van der Waals surface area (Å²) in [5.74, 6) is -2.78. The van der Waals surface area contributed by atoms with Crippen LogP contribution in [0.15, 0.2) is 30.3 Å². The fraction of sp³-hybridized carbons (Fsp3) is 0.188. The first-order valence-electron chi connectivity index (χ1n) is 6.98. The highest BCUT2D eigenvalue weighted by molar-refractivity contribution is 7.95. The Morgan fingerprint density at radius 3 is 2.52 bits per heavy atom. The van der Waals surface area contributed by atoms with Crippen molar-refractivity contribution in [1.29, 1.82) is 0 Å². The number of rotatable bonds is 6. The van der Waals surface area contributed by atoms with Gasteiger partial charge in [0.1, 0.15) is 12.4 Å². The van der Waals surface area contributed by atoms with Crippen molar-refractivity contribution in [3.8, 4) is 5.75 Å². The van der Waals surface area contributed by atoms with E-state index in [0.29, 0.717) is 15.6 Å². The van der Waals surface area contributed by atoms with Crippen LogP contribution in [-0.4, -0.2) is 24.3 Å². The van der Waals surface area contributed by atoms with Gasteiger partial charge in [-0.3, -0.25) is 9.52 Å². The van der Waals surface area contributed by atoms with E-state index in [4.69, 9.17) is 27.9 Å². The third kappa shape index (κ3) is 5.47. The second-order valence-electron chi connectivity index (χ2n) is 5.13. The summed E-state index contributed by atoms with van der Waals surface area (Å²) >= 11 is 12.7. The average Bonchev–Trinajstić information content (AvgIpc) is 2.56. The fourth-order valence-corrected chi connectivity index (χ4v) is 2.49. The molecule has 134 valence electrons. The molecule has 1 N–H and O–H groups in total. The van der Waals surface area contributed by atoms with Crippen LogP contribution in [0.3, 0.4) is 0 Å². The normalized spacial score (nSPS) is 10.8. The average molecular weight is 407 g/mol. The third-order valence-corrected chi connectivity index (χ3v) is 4.35. The summed E-state index contributed by atoms with van der Waals surface area (Å²) in [6.07, 6.45) is 0. The number of nitrogens with one attached hydrogen (secondary N) is 1. The summed E-state index contributed by atoms with van der Waals surface area (Å²) in [5, 5.41) is 0.716. The van der Waals surface area contributed by atoms with Gasteiger partial charge in [-0.2, -0.15) is 0 Å². The molecule has 0 saturated heterocycles. The number of carbonyl (C=O) groups is 1. The van der Waals surface area contributed by atoms with Crippen molar-refractivity contribution in [2.24, 2.45) is 0 Å². The minimum atomic E-state index is -0.887. The molecular formula is C16H14Cl2F2N2O2S. The van der Waals surface area contributed by atoms with Crippen LogP contribution in [-0.2, 0) is 6.61 Å². The lowest BCUT2D eigenvalue weighted by Gasteiger charge is -2.12. The van der Waals surface area contributed by atoms with Crippen LogP contribution in [0.5, 0.6) is 5.75 Å². The molecule has 0 bridgehead atoms. The van der Waals surface area contributed by atoms with Gasteiger partial charge in [-0.25, -0.2) is 13.1 Å². The summed E-state index contributed by atoms with van der Waals surface area (Å²) < 4.78 is 37.4. The number of carbonyl (C=O) groups excluding carboxylic acids is 1. The van der Waals surface area contributed by atoms with Crippen LogP contribution in [0.1, 0.15) is 15.9 Å².